The maximum atomic E-state index is 12.7. The number of aryl methyl sites for hydroxylation is 1. The van der Waals surface area contributed by atoms with Gasteiger partial charge in [-0.2, -0.15) is 0 Å². The Labute approximate surface area is 177 Å². The van der Waals surface area contributed by atoms with Crippen LogP contribution in [0.1, 0.15) is 34.5 Å². The molecule has 1 aromatic heterocycles. The molecule has 30 heavy (non-hydrogen) atoms. The molecule has 3 rings (SSSR count). The second-order valence-electron chi connectivity index (χ2n) is 7.56. The van der Waals surface area contributed by atoms with Crippen LogP contribution in [0.3, 0.4) is 0 Å². The standard InChI is InChI=1S/C24H29N3O3/c1-5-17-10-12-18(13-11-17)22(26(2)3)14-25-23(28)16-27-15-20(24(29)30-4)19-8-6-7-9-21(19)27/h6-13,15,22H,5,14,16H2,1-4H3,(H,25,28). The summed E-state index contributed by atoms with van der Waals surface area (Å²) in [6.45, 7) is 2.77. The van der Waals surface area contributed by atoms with Crippen molar-refractivity contribution < 1.29 is 14.3 Å². The molecule has 1 heterocycles. The van der Waals surface area contributed by atoms with Crippen LogP contribution >= 0.6 is 0 Å². The maximum absolute atomic E-state index is 12.7. The minimum absolute atomic E-state index is 0.0758. The monoisotopic (exact) mass is 407 g/mol. The van der Waals surface area contributed by atoms with Gasteiger partial charge < -0.3 is 19.5 Å². The van der Waals surface area contributed by atoms with Crippen molar-refractivity contribution >= 4 is 22.8 Å². The number of benzene rings is 2. The van der Waals surface area contributed by atoms with E-state index in [0.29, 0.717) is 12.1 Å². The Morgan fingerprint density at radius 1 is 1.10 bits per heavy atom. The van der Waals surface area contributed by atoms with Crippen LogP contribution in [0.2, 0.25) is 0 Å². The summed E-state index contributed by atoms with van der Waals surface area (Å²) in [6, 6.07) is 16.1. The average molecular weight is 408 g/mol. The second-order valence-corrected chi connectivity index (χ2v) is 7.56. The summed E-state index contributed by atoms with van der Waals surface area (Å²) < 4.78 is 6.66. The fraction of sp³-hybridized carbons (Fsp3) is 0.333. The van der Waals surface area contributed by atoms with Gasteiger partial charge in [0.25, 0.3) is 0 Å². The van der Waals surface area contributed by atoms with E-state index in [4.69, 9.17) is 4.74 Å². The molecule has 0 aliphatic carbocycles. The van der Waals surface area contributed by atoms with E-state index in [1.165, 1.54) is 12.7 Å². The molecule has 3 aromatic rings. The van der Waals surface area contributed by atoms with Crippen molar-refractivity contribution in [3.8, 4) is 0 Å². The van der Waals surface area contributed by atoms with Gasteiger partial charge in [0.15, 0.2) is 0 Å². The fourth-order valence-electron chi connectivity index (χ4n) is 3.65. The molecule has 1 amide bonds. The lowest BCUT2D eigenvalue weighted by Crippen LogP contribution is -2.36. The van der Waals surface area contributed by atoms with Gasteiger partial charge in [0.1, 0.15) is 6.54 Å². The summed E-state index contributed by atoms with van der Waals surface area (Å²) in [5.41, 5.74) is 3.74. The number of methoxy groups -OCH3 is 1. The Kier molecular flexibility index (Phi) is 6.90. The zero-order valence-corrected chi connectivity index (χ0v) is 18.0. The number of ether oxygens (including phenoxy) is 1. The molecular formula is C24H29N3O3. The predicted octanol–water partition coefficient (Wildman–Crippen LogP) is 3.41. The normalized spacial score (nSPS) is 12.2. The molecule has 0 bridgehead atoms. The summed E-state index contributed by atoms with van der Waals surface area (Å²) in [7, 11) is 5.37. The highest BCUT2D eigenvalue weighted by Crippen LogP contribution is 2.22. The molecule has 0 spiro atoms. The molecular weight excluding hydrogens is 378 g/mol. The molecule has 0 saturated carbocycles. The molecule has 1 atom stereocenters. The molecule has 1 N–H and O–H groups in total. The molecule has 158 valence electrons. The van der Waals surface area contributed by atoms with Crippen LogP contribution in [0.25, 0.3) is 10.9 Å². The van der Waals surface area contributed by atoms with Crippen molar-refractivity contribution in [1.82, 2.24) is 14.8 Å². The van der Waals surface area contributed by atoms with Gasteiger partial charge >= 0.3 is 5.97 Å². The molecule has 0 radical (unpaired) electrons. The second kappa shape index (κ2) is 9.59. The van der Waals surface area contributed by atoms with Gasteiger partial charge in [0.2, 0.25) is 5.91 Å². The molecule has 1 unspecified atom stereocenters. The molecule has 0 saturated heterocycles. The molecule has 0 fully saturated rings. The van der Waals surface area contributed by atoms with E-state index in [-0.39, 0.29) is 18.5 Å². The minimum Gasteiger partial charge on any atom is -0.465 e. The number of likely N-dealkylation sites (N-methyl/N-ethyl adjacent to an activating group) is 1. The lowest BCUT2D eigenvalue weighted by Gasteiger charge is -2.25. The zero-order chi connectivity index (χ0) is 21.7. The lowest BCUT2D eigenvalue weighted by atomic mass is 10.0. The van der Waals surface area contributed by atoms with E-state index < -0.39 is 5.97 Å². The predicted molar refractivity (Wildman–Crippen MR) is 119 cm³/mol. The minimum atomic E-state index is -0.409. The number of hydrogen-bond donors (Lipinski definition) is 1. The van der Waals surface area contributed by atoms with Crippen LogP contribution in [0.15, 0.2) is 54.7 Å². The molecule has 2 aromatic carbocycles. The van der Waals surface area contributed by atoms with E-state index in [1.807, 2.05) is 38.4 Å². The Morgan fingerprint density at radius 3 is 2.43 bits per heavy atom. The van der Waals surface area contributed by atoms with Crippen LogP contribution in [0.4, 0.5) is 0 Å². The number of hydrogen-bond acceptors (Lipinski definition) is 4. The van der Waals surface area contributed by atoms with Gasteiger partial charge in [-0.15, -0.1) is 0 Å². The molecule has 6 heteroatoms. The van der Waals surface area contributed by atoms with E-state index in [9.17, 15) is 9.59 Å². The first-order valence-electron chi connectivity index (χ1n) is 10.1. The first-order valence-corrected chi connectivity index (χ1v) is 10.1. The van der Waals surface area contributed by atoms with E-state index in [0.717, 1.165) is 22.9 Å². The third-order valence-corrected chi connectivity index (χ3v) is 5.40. The Balaban J connectivity index is 1.72. The Hall–Kier alpha value is -3.12. The van der Waals surface area contributed by atoms with Crippen molar-refractivity contribution in [1.29, 1.82) is 0 Å². The maximum Gasteiger partial charge on any atom is 0.340 e. The summed E-state index contributed by atoms with van der Waals surface area (Å²) in [5, 5.41) is 3.82. The summed E-state index contributed by atoms with van der Waals surface area (Å²) >= 11 is 0. The van der Waals surface area contributed by atoms with Crippen molar-refractivity contribution in [3.05, 3.63) is 71.4 Å². The molecule has 0 aliphatic heterocycles. The number of para-hydroxylation sites is 1. The van der Waals surface area contributed by atoms with Crippen molar-refractivity contribution in [2.75, 3.05) is 27.7 Å². The lowest BCUT2D eigenvalue weighted by molar-refractivity contribution is -0.121. The smallest absolute Gasteiger partial charge is 0.340 e. The van der Waals surface area contributed by atoms with Crippen LogP contribution < -0.4 is 5.32 Å². The average Bonchev–Trinajstić information content (AvgIpc) is 3.12. The molecule has 6 nitrogen and oxygen atoms in total. The third kappa shape index (κ3) is 4.71. The van der Waals surface area contributed by atoms with Gasteiger partial charge in [-0.3, -0.25) is 4.79 Å². The first-order chi connectivity index (χ1) is 14.4. The van der Waals surface area contributed by atoms with E-state index in [2.05, 4.69) is 41.4 Å². The number of aromatic nitrogens is 1. The number of nitrogens with zero attached hydrogens (tertiary/aromatic N) is 2. The van der Waals surface area contributed by atoms with Crippen molar-refractivity contribution in [2.45, 2.75) is 25.9 Å². The van der Waals surface area contributed by atoms with Crippen LogP contribution in [-0.2, 0) is 22.5 Å². The number of fused-ring (bicyclic) bond motifs is 1. The van der Waals surface area contributed by atoms with Gasteiger partial charge in [-0.05, 0) is 37.7 Å². The topological polar surface area (TPSA) is 63.6 Å². The first kappa shape index (κ1) is 21.6. The largest absolute Gasteiger partial charge is 0.465 e. The number of nitrogens with one attached hydrogen (secondary N) is 1. The van der Waals surface area contributed by atoms with Gasteiger partial charge in [0, 0.05) is 23.6 Å². The highest BCUT2D eigenvalue weighted by atomic mass is 16.5. The van der Waals surface area contributed by atoms with Gasteiger partial charge in [-0.25, -0.2) is 4.79 Å². The Morgan fingerprint density at radius 2 is 1.80 bits per heavy atom. The van der Waals surface area contributed by atoms with Crippen LogP contribution in [-0.4, -0.2) is 49.1 Å². The highest BCUT2D eigenvalue weighted by Gasteiger charge is 2.18. The van der Waals surface area contributed by atoms with Crippen LogP contribution in [0, 0.1) is 0 Å². The SMILES string of the molecule is CCc1ccc(C(CNC(=O)Cn2cc(C(=O)OC)c3ccccc32)N(C)C)cc1. The summed E-state index contributed by atoms with van der Waals surface area (Å²) in [5.74, 6) is -0.516. The number of amides is 1. The Bertz CT molecular complexity index is 1020. The van der Waals surface area contributed by atoms with Gasteiger partial charge in [-0.1, -0.05) is 49.4 Å². The van der Waals surface area contributed by atoms with Crippen molar-refractivity contribution in [2.24, 2.45) is 0 Å². The number of esters is 1. The zero-order valence-electron chi connectivity index (χ0n) is 18.0. The fourth-order valence-corrected chi connectivity index (χ4v) is 3.65. The number of carbonyl (C=O) groups excluding carboxylic acids is 2. The van der Waals surface area contributed by atoms with Crippen molar-refractivity contribution in [3.63, 3.8) is 0 Å². The van der Waals surface area contributed by atoms with Crippen LogP contribution in [0.5, 0.6) is 0 Å². The third-order valence-electron chi connectivity index (χ3n) is 5.40. The van der Waals surface area contributed by atoms with Gasteiger partial charge in [0.05, 0.1) is 18.7 Å². The molecule has 0 aliphatic rings. The quantitative estimate of drug-likeness (QED) is 0.581. The highest BCUT2D eigenvalue weighted by molar-refractivity contribution is 6.04. The number of carbonyl (C=O) groups is 2. The summed E-state index contributed by atoms with van der Waals surface area (Å²) in [4.78, 5) is 26.9. The van der Waals surface area contributed by atoms with E-state index >= 15 is 0 Å². The number of rotatable bonds is 8. The van der Waals surface area contributed by atoms with E-state index in [1.54, 1.807) is 10.8 Å². The summed E-state index contributed by atoms with van der Waals surface area (Å²) in [6.07, 6.45) is 2.69.